The molecule has 0 atom stereocenters. The van der Waals surface area contributed by atoms with Crippen molar-refractivity contribution < 1.29 is 0 Å². The molecule has 1 heterocycles. The largest absolute Gasteiger partial charge is 0.253 e. The first kappa shape index (κ1) is 9.11. The summed E-state index contributed by atoms with van der Waals surface area (Å²) >= 11 is 0. The minimum Gasteiger partial charge on any atom is -0.253 e. The van der Waals surface area contributed by atoms with Crippen LogP contribution in [0.2, 0.25) is 0 Å². The fraction of sp³-hybridized carbons (Fsp3) is 0.0909. The molecule has 1 aromatic heterocycles. The first-order valence-corrected chi connectivity index (χ1v) is 4.36. The van der Waals surface area contributed by atoms with Gasteiger partial charge < -0.3 is 0 Å². The van der Waals surface area contributed by atoms with E-state index in [-0.39, 0.29) is 0 Å². The Morgan fingerprint density at radius 1 is 1.07 bits per heavy atom. The molecule has 0 bridgehead atoms. The highest BCUT2D eigenvalue weighted by atomic mass is 14.8. The molecule has 0 saturated carbocycles. The number of nitrogens with zero attached hydrogens (tertiary/aromatic N) is 4. The third kappa shape index (κ3) is 1.61. The van der Waals surface area contributed by atoms with E-state index in [9.17, 15) is 0 Å². The summed E-state index contributed by atoms with van der Waals surface area (Å²) in [5, 5.41) is 17.4. The smallest absolute Gasteiger partial charge is 0.176 e. The molecule has 0 amide bonds. The van der Waals surface area contributed by atoms with Gasteiger partial charge in [-0.2, -0.15) is 10.5 Å². The SMILES string of the molecule is N#CC(C#N)c1cnc2ccccc2n1. The zero-order valence-electron chi connectivity index (χ0n) is 7.75. The minimum atomic E-state index is -0.845. The van der Waals surface area contributed by atoms with Gasteiger partial charge >= 0.3 is 0 Å². The monoisotopic (exact) mass is 194 g/mol. The average Bonchev–Trinajstić information content (AvgIpc) is 2.30. The van der Waals surface area contributed by atoms with Gasteiger partial charge in [0.2, 0.25) is 0 Å². The molecule has 2 rings (SSSR count). The molecule has 0 radical (unpaired) electrons. The van der Waals surface area contributed by atoms with E-state index in [1.807, 2.05) is 30.3 Å². The van der Waals surface area contributed by atoms with Crippen LogP contribution in [0.4, 0.5) is 0 Å². The van der Waals surface area contributed by atoms with Crippen LogP contribution in [-0.2, 0) is 0 Å². The van der Waals surface area contributed by atoms with Crippen LogP contribution < -0.4 is 0 Å². The number of rotatable bonds is 1. The first-order chi connectivity index (χ1) is 7.35. The lowest BCUT2D eigenvalue weighted by Crippen LogP contribution is -1.97. The van der Waals surface area contributed by atoms with E-state index >= 15 is 0 Å². The Morgan fingerprint density at radius 3 is 2.40 bits per heavy atom. The van der Waals surface area contributed by atoms with E-state index in [2.05, 4.69) is 9.97 Å². The molecule has 70 valence electrons. The lowest BCUT2D eigenvalue weighted by Gasteiger charge is -2.00. The number of aromatic nitrogens is 2. The summed E-state index contributed by atoms with van der Waals surface area (Å²) in [6.07, 6.45) is 1.47. The van der Waals surface area contributed by atoms with Crippen molar-refractivity contribution in [2.45, 2.75) is 5.92 Å². The van der Waals surface area contributed by atoms with Gasteiger partial charge in [0.25, 0.3) is 0 Å². The van der Waals surface area contributed by atoms with Crippen LogP contribution in [0.5, 0.6) is 0 Å². The molecule has 4 nitrogen and oxygen atoms in total. The quantitative estimate of drug-likeness (QED) is 0.693. The number of para-hydroxylation sites is 2. The van der Waals surface area contributed by atoms with E-state index in [4.69, 9.17) is 10.5 Å². The number of benzene rings is 1. The first-order valence-electron chi connectivity index (χ1n) is 4.36. The Hall–Kier alpha value is -2.46. The Bertz CT molecular complexity index is 563. The van der Waals surface area contributed by atoms with Crippen molar-refractivity contribution in [1.82, 2.24) is 9.97 Å². The molecule has 0 saturated heterocycles. The fourth-order valence-electron chi connectivity index (χ4n) is 1.27. The number of fused-ring (bicyclic) bond motifs is 1. The summed E-state index contributed by atoms with van der Waals surface area (Å²) in [7, 11) is 0. The van der Waals surface area contributed by atoms with Crippen molar-refractivity contribution in [2.75, 3.05) is 0 Å². The second kappa shape index (κ2) is 3.73. The second-order valence-electron chi connectivity index (χ2n) is 2.97. The van der Waals surface area contributed by atoms with Crippen LogP contribution in [-0.4, -0.2) is 9.97 Å². The lowest BCUT2D eigenvalue weighted by atomic mass is 10.1. The van der Waals surface area contributed by atoms with Crippen LogP contribution >= 0.6 is 0 Å². The molecule has 15 heavy (non-hydrogen) atoms. The van der Waals surface area contributed by atoms with E-state index < -0.39 is 5.92 Å². The van der Waals surface area contributed by atoms with Crippen molar-refractivity contribution in [2.24, 2.45) is 0 Å². The van der Waals surface area contributed by atoms with Gasteiger partial charge in [-0.3, -0.25) is 4.98 Å². The molecule has 4 heteroatoms. The molecule has 2 aromatic rings. The Morgan fingerprint density at radius 2 is 1.73 bits per heavy atom. The number of hydrogen-bond acceptors (Lipinski definition) is 4. The van der Waals surface area contributed by atoms with Crippen molar-refractivity contribution in [3.05, 3.63) is 36.2 Å². The molecule has 1 aromatic carbocycles. The summed E-state index contributed by atoms with van der Waals surface area (Å²) < 4.78 is 0. The van der Waals surface area contributed by atoms with Gasteiger partial charge in [-0.1, -0.05) is 12.1 Å². The fourth-order valence-corrected chi connectivity index (χ4v) is 1.27. The summed E-state index contributed by atoms with van der Waals surface area (Å²) in [6, 6.07) is 11.1. The highest BCUT2D eigenvalue weighted by Gasteiger charge is 2.11. The van der Waals surface area contributed by atoms with Gasteiger partial charge in [-0.25, -0.2) is 4.98 Å². The van der Waals surface area contributed by atoms with Crippen LogP contribution in [0.25, 0.3) is 11.0 Å². The third-order valence-corrected chi connectivity index (χ3v) is 2.02. The molecule has 0 spiro atoms. The van der Waals surface area contributed by atoms with Crippen molar-refractivity contribution in [1.29, 1.82) is 10.5 Å². The summed E-state index contributed by atoms with van der Waals surface area (Å²) in [6.45, 7) is 0. The normalized spacial score (nSPS) is 9.80. The van der Waals surface area contributed by atoms with E-state index in [0.717, 1.165) is 5.52 Å². The average molecular weight is 194 g/mol. The van der Waals surface area contributed by atoms with Crippen molar-refractivity contribution >= 4 is 11.0 Å². The van der Waals surface area contributed by atoms with Gasteiger partial charge in [-0.05, 0) is 12.1 Å². The molecular formula is C11H6N4. The van der Waals surface area contributed by atoms with Crippen molar-refractivity contribution in [3.8, 4) is 12.1 Å². The van der Waals surface area contributed by atoms with Crippen LogP contribution in [0.1, 0.15) is 11.6 Å². The maximum Gasteiger partial charge on any atom is 0.176 e. The van der Waals surface area contributed by atoms with Crippen molar-refractivity contribution in [3.63, 3.8) is 0 Å². The van der Waals surface area contributed by atoms with Gasteiger partial charge in [0.1, 0.15) is 0 Å². The summed E-state index contributed by atoms with van der Waals surface area (Å²) in [4.78, 5) is 8.34. The topological polar surface area (TPSA) is 73.4 Å². The molecule has 0 N–H and O–H groups in total. The molecule has 0 aliphatic heterocycles. The third-order valence-electron chi connectivity index (χ3n) is 2.02. The van der Waals surface area contributed by atoms with E-state index in [1.165, 1.54) is 6.20 Å². The minimum absolute atomic E-state index is 0.402. The highest BCUT2D eigenvalue weighted by Crippen LogP contribution is 2.14. The van der Waals surface area contributed by atoms with Crippen LogP contribution in [0, 0.1) is 22.7 Å². The predicted molar refractivity (Wildman–Crippen MR) is 53.5 cm³/mol. The van der Waals surface area contributed by atoms with Gasteiger partial charge in [-0.15, -0.1) is 0 Å². The maximum atomic E-state index is 8.71. The number of nitriles is 2. The van der Waals surface area contributed by atoms with Crippen LogP contribution in [0.15, 0.2) is 30.5 Å². The Labute approximate surface area is 86.4 Å². The number of hydrogen-bond donors (Lipinski definition) is 0. The zero-order valence-corrected chi connectivity index (χ0v) is 7.75. The standard InChI is InChI=1S/C11H6N4/c12-5-8(6-13)11-7-14-9-3-1-2-4-10(9)15-11/h1-4,7-8H. The zero-order chi connectivity index (χ0) is 10.7. The Kier molecular flexibility index (Phi) is 2.26. The van der Waals surface area contributed by atoms with Gasteiger partial charge in [0.05, 0.1) is 35.1 Å². The molecule has 0 aliphatic carbocycles. The van der Waals surface area contributed by atoms with Gasteiger partial charge in [0.15, 0.2) is 5.92 Å². The lowest BCUT2D eigenvalue weighted by molar-refractivity contribution is 1.01. The predicted octanol–water partition coefficient (Wildman–Crippen LogP) is 1.76. The van der Waals surface area contributed by atoms with Crippen LogP contribution in [0.3, 0.4) is 0 Å². The van der Waals surface area contributed by atoms with E-state index in [0.29, 0.717) is 11.2 Å². The summed E-state index contributed by atoms with van der Waals surface area (Å²) in [5.41, 5.74) is 1.86. The Balaban J connectivity index is 2.58. The second-order valence-corrected chi connectivity index (χ2v) is 2.97. The van der Waals surface area contributed by atoms with E-state index in [1.54, 1.807) is 6.07 Å². The van der Waals surface area contributed by atoms with Gasteiger partial charge in [0, 0.05) is 0 Å². The molecule has 0 fully saturated rings. The summed E-state index contributed by atoms with van der Waals surface area (Å²) in [5.74, 6) is -0.845. The molecule has 0 unspecified atom stereocenters. The highest BCUT2D eigenvalue weighted by molar-refractivity contribution is 5.73. The molecular weight excluding hydrogens is 188 g/mol. The maximum absolute atomic E-state index is 8.71. The molecule has 0 aliphatic rings.